The quantitative estimate of drug-likeness (QED) is 0.654. The van der Waals surface area contributed by atoms with E-state index in [0.29, 0.717) is 22.4 Å². The SMILES string of the molecule is Cc1noc(-c2cccnc2Cl)n1. The van der Waals surface area contributed by atoms with Gasteiger partial charge in [0.05, 0.1) is 5.56 Å². The minimum atomic E-state index is 0.367. The molecule has 0 bridgehead atoms. The third kappa shape index (κ3) is 1.53. The van der Waals surface area contributed by atoms with E-state index in [2.05, 4.69) is 15.1 Å². The van der Waals surface area contributed by atoms with E-state index in [1.807, 2.05) is 0 Å². The summed E-state index contributed by atoms with van der Waals surface area (Å²) in [5.41, 5.74) is 0.657. The van der Waals surface area contributed by atoms with Crippen molar-refractivity contribution in [3.63, 3.8) is 0 Å². The first-order chi connectivity index (χ1) is 6.27. The van der Waals surface area contributed by atoms with Crippen molar-refractivity contribution >= 4 is 11.6 Å². The van der Waals surface area contributed by atoms with Gasteiger partial charge in [-0.2, -0.15) is 4.98 Å². The summed E-state index contributed by atoms with van der Waals surface area (Å²) < 4.78 is 4.95. The van der Waals surface area contributed by atoms with Crippen molar-refractivity contribution in [2.45, 2.75) is 6.92 Å². The standard InChI is InChI=1S/C8H6ClN3O/c1-5-11-8(13-12-5)6-3-2-4-10-7(6)9/h2-4H,1H3. The Labute approximate surface area is 79.6 Å². The van der Waals surface area contributed by atoms with Gasteiger partial charge in [-0.1, -0.05) is 16.8 Å². The van der Waals surface area contributed by atoms with Crippen molar-refractivity contribution in [3.05, 3.63) is 29.3 Å². The van der Waals surface area contributed by atoms with Gasteiger partial charge >= 0.3 is 0 Å². The molecule has 66 valence electrons. The molecule has 0 aliphatic heterocycles. The largest absolute Gasteiger partial charge is 0.334 e. The van der Waals surface area contributed by atoms with Crippen LogP contribution in [0.5, 0.6) is 0 Å². The number of hydrogen-bond acceptors (Lipinski definition) is 4. The summed E-state index contributed by atoms with van der Waals surface area (Å²) in [6.45, 7) is 1.75. The molecule has 4 nitrogen and oxygen atoms in total. The maximum absolute atomic E-state index is 5.83. The van der Waals surface area contributed by atoms with Crippen LogP contribution in [0.15, 0.2) is 22.9 Å². The van der Waals surface area contributed by atoms with Crippen LogP contribution in [0.4, 0.5) is 0 Å². The van der Waals surface area contributed by atoms with Gasteiger partial charge in [0.15, 0.2) is 5.82 Å². The summed E-state index contributed by atoms with van der Waals surface area (Å²) in [6.07, 6.45) is 1.61. The highest BCUT2D eigenvalue weighted by Gasteiger charge is 2.09. The van der Waals surface area contributed by atoms with Crippen molar-refractivity contribution in [1.29, 1.82) is 0 Å². The Kier molecular flexibility index (Phi) is 1.98. The van der Waals surface area contributed by atoms with Gasteiger partial charge in [0.2, 0.25) is 0 Å². The molecule has 0 saturated carbocycles. The van der Waals surface area contributed by atoms with Crippen LogP contribution in [0.2, 0.25) is 5.15 Å². The minimum Gasteiger partial charge on any atom is -0.334 e. The molecule has 2 aromatic rings. The lowest BCUT2D eigenvalue weighted by Gasteiger charge is -1.94. The number of nitrogens with zero attached hydrogens (tertiary/aromatic N) is 3. The lowest BCUT2D eigenvalue weighted by Crippen LogP contribution is -1.82. The first kappa shape index (κ1) is 8.19. The van der Waals surface area contributed by atoms with E-state index in [-0.39, 0.29) is 0 Å². The summed E-state index contributed by atoms with van der Waals surface area (Å²) in [5.74, 6) is 0.977. The molecule has 5 heteroatoms. The zero-order valence-corrected chi connectivity index (χ0v) is 7.62. The zero-order chi connectivity index (χ0) is 9.26. The first-order valence-corrected chi connectivity index (χ1v) is 4.06. The monoisotopic (exact) mass is 195 g/mol. The van der Waals surface area contributed by atoms with E-state index in [0.717, 1.165) is 0 Å². The highest BCUT2D eigenvalue weighted by atomic mass is 35.5. The number of rotatable bonds is 1. The van der Waals surface area contributed by atoms with Gasteiger partial charge < -0.3 is 4.52 Å². The third-order valence-corrected chi connectivity index (χ3v) is 1.82. The Morgan fingerprint density at radius 1 is 1.46 bits per heavy atom. The molecule has 0 saturated heterocycles. The summed E-state index contributed by atoms with van der Waals surface area (Å²) >= 11 is 5.83. The molecule has 0 aromatic carbocycles. The topological polar surface area (TPSA) is 51.8 Å². The van der Waals surface area contributed by atoms with E-state index in [4.69, 9.17) is 16.1 Å². The van der Waals surface area contributed by atoms with Crippen LogP contribution in [0.3, 0.4) is 0 Å². The molecule has 0 atom stereocenters. The average molecular weight is 196 g/mol. The Morgan fingerprint density at radius 2 is 2.31 bits per heavy atom. The number of hydrogen-bond donors (Lipinski definition) is 0. The number of aryl methyl sites for hydroxylation is 1. The minimum absolute atomic E-state index is 0.367. The molecule has 0 unspecified atom stereocenters. The predicted molar refractivity (Wildman–Crippen MR) is 47.3 cm³/mol. The van der Waals surface area contributed by atoms with Crippen LogP contribution in [-0.4, -0.2) is 15.1 Å². The fourth-order valence-electron chi connectivity index (χ4n) is 0.952. The third-order valence-electron chi connectivity index (χ3n) is 1.52. The van der Waals surface area contributed by atoms with Crippen LogP contribution in [-0.2, 0) is 0 Å². The first-order valence-electron chi connectivity index (χ1n) is 3.68. The Balaban J connectivity index is 2.52. The van der Waals surface area contributed by atoms with Gasteiger partial charge in [-0.15, -0.1) is 0 Å². The van der Waals surface area contributed by atoms with E-state index < -0.39 is 0 Å². The van der Waals surface area contributed by atoms with E-state index in [1.165, 1.54) is 0 Å². The Bertz CT molecular complexity index is 427. The summed E-state index contributed by atoms with van der Waals surface area (Å²) in [4.78, 5) is 7.94. The molecule has 2 rings (SSSR count). The van der Waals surface area contributed by atoms with Crippen LogP contribution in [0.1, 0.15) is 5.82 Å². The van der Waals surface area contributed by atoms with Crippen molar-refractivity contribution < 1.29 is 4.52 Å². The maximum atomic E-state index is 5.83. The second kappa shape index (κ2) is 3.14. The lowest BCUT2D eigenvalue weighted by molar-refractivity contribution is 0.425. The van der Waals surface area contributed by atoms with Crippen LogP contribution in [0, 0.1) is 6.92 Å². The van der Waals surface area contributed by atoms with Crippen LogP contribution >= 0.6 is 11.6 Å². The van der Waals surface area contributed by atoms with Gasteiger partial charge in [0.25, 0.3) is 5.89 Å². The maximum Gasteiger partial charge on any atom is 0.261 e. The second-order valence-corrected chi connectivity index (χ2v) is 2.85. The number of halogens is 1. The van der Waals surface area contributed by atoms with Gasteiger partial charge in [0.1, 0.15) is 5.15 Å². The smallest absolute Gasteiger partial charge is 0.261 e. The Morgan fingerprint density at radius 3 is 2.92 bits per heavy atom. The molecule has 0 aliphatic carbocycles. The molecular weight excluding hydrogens is 190 g/mol. The van der Waals surface area contributed by atoms with E-state index in [1.54, 1.807) is 25.3 Å². The van der Waals surface area contributed by atoms with Crippen molar-refractivity contribution in [1.82, 2.24) is 15.1 Å². The van der Waals surface area contributed by atoms with Crippen LogP contribution < -0.4 is 0 Å². The number of pyridine rings is 1. The second-order valence-electron chi connectivity index (χ2n) is 2.49. The van der Waals surface area contributed by atoms with Crippen molar-refractivity contribution in [3.8, 4) is 11.5 Å². The highest BCUT2D eigenvalue weighted by Crippen LogP contribution is 2.23. The summed E-state index contributed by atoms with van der Waals surface area (Å²) in [7, 11) is 0. The van der Waals surface area contributed by atoms with Gasteiger partial charge in [-0.05, 0) is 19.1 Å². The van der Waals surface area contributed by atoms with E-state index in [9.17, 15) is 0 Å². The molecule has 2 heterocycles. The zero-order valence-electron chi connectivity index (χ0n) is 6.86. The van der Waals surface area contributed by atoms with Gasteiger partial charge in [-0.3, -0.25) is 0 Å². The summed E-state index contributed by atoms with van der Waals surface area (Å²) in [5, 5.41) is 4.03. The average Bonchev–Trinajstić information content (AvgIpc) is 2.53. The molecule has 13 heavy (non-hydrogen) atoms. The van der Waals surface area contributed by atoms with E-state index >= 15 is 0 Å². The molecule has 0 spiro atoms. The molecule has 2 aromatic heterocycles. The van der Waals surface area contributed by atoms with Gasteiger partial charge in [0, 0.05) is 6.20 Å². The molecule has 0 radical (unpaired) electrons. The fraction of sp³-hybridized carbons (Fsp3) is 0.125. The van der Waals surface area contributed by atoms with Gasteiger partial charge in [-0.25, -0.2) is 4.98 Å². The number of aromatic nitrogens is 3. The fourth-order valence-corrected chi connectivity index (χ4v) is 1.15. The molecule has 0 aliphatic rings. The summed E-state index contributed by atoms with van der Waals surface area (Å²) in [6, 6.07) is 3.54. The van der Waals surface area contributed by atoms with Crippen molar-refractivity contribution in [2.24, 2.45) is 0 Å². The van der Waals surface area contributed by atoms with Crippen LogP contribution in [0.25, 0.3) is 11.5 Å². The molecule has 0 fully saturated rings. The molecule has 0 N–H and O–H groups in total. The highest BCUT2D eigenvalue weighted by molar-refractivity contribution is 6.31. The van der Waals surface area contributed by atoms with Crippen molar-refractivity contribution in [2.75, 3.05) is 0 Å². The molecule has 0 amide bonds. The Hall–Kier alpha value is -1.42. The normalized spacial score (nSPS) is 10.3. The molecular formula is C8H6ClN3O. The lowest BCUT2D eigenvalue weighted by atomic mass is 10.3. The predicted octanol–water partition coefficient (Wildman–Crippen LogP) is 2.09.